The SMILES string of the molecule is CN1CCN(c2ccc(Cl)cc2NC(=O)c2ccc(S(C)(=O)=O)cc2)CC1. The second kappa shape index (κ2) is 7.88. The Labute approximate surface area is 164 Å². The molecule has 2 aromatic carbocycles. The molecule has 1 N–H and O–H groups in total. The molecule has 144 valence electrons. The van der Waals surface area contributed by atoms with Crippen molar-refractivity contribution in [2.75, 3.05) is 49.7 Å². The number of amides is 1. The van der Waals surface area contributed by atoms with Crippen molar-refractivity contribution in [3.05, 3.63) is 53.1 Å². The van der Waals surface area contributed by atoms with Crippen molar-refractivity contribution in [1.29, 1.82) is 0 Å². The summed E-state index contributed by atoms with van der Waals surface area (Å²) in [6, 6.07) is 11.3. The molecule has 0 aromatic heterocycles. The molecule has 1 saturated heterocycles. The molecule has 1 aliphatic rings. The maximum absolute atomic E-state index is 12.6. The molecule has 1 amide bonds. The molecule has 8 heteroatoms. The van der Waals surface area contributed by atoms with Crippen molar-refractivity contribution in [3.63, 3.8) is 0 Å². The Hall–Kier alpha value is -2.09. The molecule has 0 spiro atoms. The maximum atomic E-state index is 12.6. The van der Waals surface area contributed by atoms with Gasteiger partial charge in [0.15, 0.2) is 9.84 Å². The van der Waals surface area contributed by atoms with Gasteiger partial charge in [0.05, 0.1) is 16.3 Å². The molecule has 27 heavy (non-hydrogen) atoms. The topological polar surface area (TPSA) is 69.7 Å². The van der Waals surface area contributed by atoms with Crippen LogP contribution in [0.5, 0.6) is 0 Å². The zero-order valence-electron chi connectivity index (χ0n) is 15.3. The van der Waals surface area contributed by atoms with Crippen molar-refractivity contribution >= 4 is 38.7 Å². The third-order valence-corrected chi connectivity index (χ3v) is 5.96. The van der Waals surface area contributed by atoms with E-state index in [1.54, 1.807) is 6.07 Å². The van der Waals surface area contributed by atoms with Gasteiger partial charge >= 0.3 is 0 Å². The Bertz CT molecular complexity index is 937. The number of piperazine rings is 1. The molecule has 1 fully saturated rings. The summed E-state index contributed by atoms with van der Waals surface area (Å²) in [5.74, 6) is -0.312. The fourth-order valence-corrected chi connectivity index (χ4v) is 3.78. The van der Waals surface area contributed by atoms with Gasteiger partial charge in [0.2, 0.25) is 0 Å². The number of likely N-dealkylation sites (N-methyl/N-ethyl adjacent to an activating group) is 1. The van der Waals surface area contributed by atoms with Gasteiger partial charge in [-0.05, 0) is 49.5 Å². The summed E-state index contributed by atoms with van der Waals surface area (Å²) < 4.78 is 23.1. The van der Waals surface area contributed by atoms with E-state index < -0.39 is 9.84 Å². The predicted octanol–water partition coefficient (Wildman–Crippen LogP) is 2.75. The summed E-state index contributed by atoms with van der Waals surface area (Å²) in [5, 5.41) is 3.44. The number of halogens is 1. The van der Waals surface area contributed by atoms with Crippen LogP contribution in [0.25, 0.3) is 0 Å². The number of sulfone groups is 1. The van der Waals surface area contributed by atoms with E-state index in [-0.39, 0.29) is 10.8 Å². The van der Waals surface area contributed by atoms with Crippen LogP contribution in [0, 0.1) is 0 Å². The molecule has 2 aromatic rings. The quantitative estimate of drug-likeness (QED) is 0.843. The van der Waals surface area contributed by atoms with Crippen LogP contribution in [-0.2, 0) is 9.84 Å². The zero-order valence-corrected chi connectivity index (χ0v) is 16.8. The number of anilines is 2. The molecule has 6 nitrogen and oxygen atoms in total. The van der Waals surface area contributed by atoms with Gasteiger partial charge in [-0.15, -0.1) is 0 Å². The Morgan fingerprint density at radius 2 is 1.67 bits per heavy atom. The van der Waals surface area contributed by atoms with E-state index in [1.807, 2.05) is 12.1 Å². The molecule has 0 saturated carbocycles. The number of benzene rings is 2. The molecular weight excluding hydrogens is 386 g/mol. The Morgan fingerprint density at radius 1 is 1.04 bits per heavy atom. The van der Waals surface area contributed by atoms with E-state index in [1.165, 1.54) is 24.3 Å². The number of carbonyl (C=O) groups excluding carboxylic acids is 1. The third-order valence-electron chi connectivity index (χ3n) is 4.60. The molecular formula is C19H22ClN3O3S. The maximum Gasteiger partial charge on any atom is 0.255 e. The number of nitrogens with one attached hydrogen (secondary N) is 1. The monoisotopic (exact) mass is 407 g/mol. The zero-order chi connectivity index (χ0) is 19.6. The summed E-state index contributed by atoms with van der Waals surface area (Å²) >= 11 is 6.13. The first kappa shape index (κ1) is 19.7. The van der Waals surface area contributed by atoms with Gasteiger partial charge in [0.25, 0.3) is 5.91 Å². The lowest BCUT2D eigenvalue weighted by molar-refractivity contribution is 0.102. The lowest BCUT2D eigenvalue weighted by Crippen LogP contribution is -2.44. The Balaban J connectivity index is 1.82. The minimum absolute atomic E-state index is 0.180. The lowest BCUT2D eigenvalue weighted by atomic mass is 10.1. The van der Waals surface area contributed by atoms with E-state index in [0.717, 1.165) is 38.1 Å². The summed E-state index contributed by atoms with van der Waals surface area (Å²) in [5.41, 5.74) is 1.95. The third kappa shape index (κ3) is 4.80. The molecule has 1 heterocycles. The van der Waals surface area contributed by atoms with Gasteiger partial charge in [-0.1, -0.05) is 11.6 Å². The van der Waals surface area contributed by atoms with Gasteiger partial charge in [-0.3, -0.25) is 4.79 Å². The van der Waals surface area contributed by atoms with Gasteiger partial charge in [-0.2, -0.15) is 0 Å². The van der Waals surface area contributed by atoms with Crippen molar-refractivity contribution < 1.29 is 13.2 Å². The van der Waals surface area contributed by atoms with E-state index in [2.05, 4.69) is 22.2 Å². The van der Waals surface area contributed by atoms with Crippen LogP contribution in [-0.4, -0.2) is 58.7 Å². The smallest absolute Gasteiger partial charge is 0.255 e. The summed E-state index contributed by atoms with van der Waals surface area (Å²) in [6.07, 6.45) is 1.14. The summed E-state index contributed by atoms with van der Waals surface area (Å²) in [4.78, 5) is 17.3. The Morgan fingerprint density at radius 3 is 2.26 bits per heavy atom. The number of nitrogens with zero attached hydrogens (tertiary/aromatic N) is 2. The van der Waals surface area contributed by atoms with Gasteiger partial charge in [-0.25, -0.2) is 8.42 Å². The molecule has 0 unspecified atom stereocenters. The fourth-order valence-electron chi connectivity index (χ4n) is 2.98. The minimum atomic E-state index is -3.30. The van der Waals surface area contributed by atoms with Crippen LogP contribution in [0.15, 0.2) is 47.4 Å². The molecule has 0 radical (unpaired) electrons. The van der Waals surface area contributed by atoms with Crippen molar-refractivity contribution in [2.24, 2.45) is 0 Å². The first-order chi connectivity index (χ1) is 12.7. The van der Waals surface area contributed by atoms with Crippen LogP contribution >= 0.6 is 11.6 Å². The highest BCUT2D eigenvalue weighted by Crippen LogP contribution is 2.30. The predicted molar refractivity (Wildman–Crippen MR) is 109 cm³/mol. The first-order valence-corrected chi connectivity index (χ1v) is 10.9. The normalized spacial score (nSPS) is 15.6. The van der Waals surface area contributed by atoms with Crippen molar-refractivity contribution in [2.45, 2.75) is 4.90 Å². The van der Waals surface area contributed by atoms with Gasteiger partial charge < -0.3 is 15.1 Å². The number of carbonyl (C=O) groups is 1. The minimum Gasteiger partial charge on any atom is -0.367 e. The molecule has 1 aliphatic heterocycles. The van der Waals surface area contributed by atoms with Crippen LogP contribution < -0.4 is 10.2 Å². The number of hydrogen-bond acceptors (Lipinski definition) is 5. The second-order valence-electron chi connectivity index (χ2n) is 6.70. The second-order valence-corrected chi connectivity index (χ2v) is 9.15. The largest absolute Gasteiger partial charge is 0.367 e. The summed E-state index contributed by atoms with van der Waals surface area (Å²) in [7, 11) is -1.21. The fraction of sp³-hybridized carbons (Fsp3) is 0.316. The molecule has 0 atom stereocenters. The Kier molecular flexibility index (Phi) is 5.74. The summed E-state index contributed by atoms with van der Waals surface area (Å²) in [6.45, 7) is 3.63. The average Bonchev–Trinajstić information content (AvgIpc) is 2.62. The molecule has 3 rings (SSSR count). The van der Waals surface area contributed by atoms with Crippen molar-refractivity contribution in [3.8, 4) is 0 Å². The standard InChI is InChI=1S/C19H22ClN3O3S/c1-22-9-11-23(12-10-22)18-8-5-15(20)13-17(18)21-19(24)14-3-6-16(7-4-14)27(2,25)26/h3-8,13H,9-12H2,1-2H3,(H,21,24). The van der Waals surface area contributed by atoms with Gasteiger partial charge in [0, 0.05) is 43.0 Å². The number of rotatable bonds is 4. The molecule has 0 bridgehead atoms. The van der Waals surface area contributed by atoms with Crippen LogP contribution in [0.1, 0.15) is 10.4 Å². The number of hydrogen-bond donors (Lipinski definition) is 1. The van der Waals surface area contributed by atoms with Crippen LogP contribution in [0.3, 0.4) is 0 Å². The van der Waals surface area contributed by atoms with Gasteiger partial charge in [0.1, 0.15) is 0 Å². The highest BCUT2D eigenvalue weighted by molar-refractivity contribution is 7.90. The van der Waals surface area contributed by atoms with E-state index in [4.69, 9.17) is 11.6 Å². The molecule has 0 aliphatic carbocycles. The lowest BCUT2D eigenvalue weighted by Gasteiger charge is -2.35. The van der Waals surface area contributed by atoms with Crippen molar-refractivity contribution in [1.82, 2.24) is 4.90 Å². The van der Waals surface area contributed by atoms with E-state index >= 15 is 0 Å². The van der Waals surface area contributed by atoms with E-state index in [0.29, 0.717) is 16.3 Å². The average molecular weight is 408 g/mol. The highest BCUT2D eigenvalue weighted by atomic mass is 35.5. The van der Waals surface area contributed by atoms with E-state index in [9.17, 15) is 13.2 Å². The van der Waals surface area contributed by atoms with Crippen LogP contribution in [0.4, 0.5) is 11.4 Å². The highest BCUT2D eigenvalue weighted by Gasteiger charge is 2.19. The van der Waals surface area contributed by atoms with Crippen LogP contribution in [0.2, 0.25) is 5.02 Å². The first-order valence-electron chi connectivity index (χ1n) is 8.58.